The molecule has 8 heteroatoms. The lowest BCUT2D eigenvalue weighted by Crippen LogP contribution is -2.55. The Morgan fingerprint density at radius 1 is 1.36 bits per heavy atom. The molecule has 3 rings (SSSR count). The largest absolute Gasteiger partial charge is 0.386 e. The third-order valence-corrected chi connectivity index (χ3v) is 4.30. The van der Waals surface area contributed by atoms with Gasteiger partial charge in [0.1, 0.15) is 17.3 Å². The number of anilines is 1. The van der Waals surface area contributed by atoms with Gasteiger partial charge in [0.2, 0.25) is 0 Å². The number of piperidine rings is 1. The van der Waals surface area contributed by atoms with Gasteiger partial charge in [0.05, 0.1) is 18.3 Å². The van der Waals surface area contributed by atoms with Crippen molar-refractivity contribution in [2.24, 2.45) is 0 Å². The highest BCUT2D eigenvalue weighted by molar-refractivity contribution is 5.92. The lowest BCUT2D eigenvalue weighted by atomic mass is 9.92. The van der Waals surface area contributed by atoms with Crippen LogP contribution in [0.15, 0.2) is 30.9 Å². The number of amides is 1. The van der Waals surface area contributed by atoms with Crippen molar-refractivity contribution >= 4 is 11.7 Å². The SMILES string of the molecule is Cc1nccc(C(=O)N(C)C[C@@]2(O)CCCN(c3cnccn3)C2)n1. The monoisotopic (exact) mass is 342 g/mol. The van der Waals surface area contributed by atoms with Gasteiger partial charge in [-0.3, -0.25) is 9.78 Å². The number of likely N-dealkylation sites (N-methyl/N-ethyl adjacent to an activating group) is 1. The molecule has 25 heavy (non-hydrogen) atoms. The fraction of sp³-hybridized carbons (Fsp3) is 0.471. The Hall–Kier alpha value is -2.61. The maximum atomic E-state index is 12.6. The molecule has 0 aliphatic carbocycles. The fourth-order valence-electron chi connectivity index (χ4n) is 3.18. The summed E-state index contributed by atoms with van der Waals surface area (Å²) in [6.45, 7) is 3.19. The van der Waals surface area contributed by atoms with E-state index >= 15 is 0 Å². The molecule has 0 radical (unpaired) electrons. The van der Waals surface area contributed by atoms with Crippen LogP contribution in [0.5, 0.6) is 0 Å². The van der Waals surface area contributed by atoms with Gasteiger partial charge in [0, 0.05) is 38.7 Å². The first-order chi connectivity index (χ1) is 12.0. The minimum Gasteiger partial charge on any atom is -0.386 e. The Morgan fingerprint density at radius 2 is 2.20 bits per heavy atom. The number of aliphatic hydroxyl groups is 1. The topological polar surface area (TPSA) is 95.3 Å². The molecule has 2 aromatic rings. The van der Waals surface area contributed by atoms with E-state index in [4.69, 9.17) is 0 Å². The summed E-state index contributed by atoms with van der Waals surface area (Å²) in [6.07, 6.45) is 7.95. The molecule has 0 saturated carbocycles. The predicted molar refractivity (Wildman–Crippen MR) is 92.2 cm³/mol. The molecule has 0 spiro atoms. The molecule has 1 atom stereocenters. The summed E-state index contributed by atoms with van der Waals surface area (Å²) in [5.74, 6) is 1.06. The van der Waals surface area contributed by atoms with Crippen LogP contribution in [-0.4, -0.2) is 68.1 Å². The number of nitrogens with zero attached hydrogens (tertiary/aromatic N) is 6. The van der Waals surface area contributed by atoms with Gasteiger partial charge in [-0.2, -0.15) is 0 Å². The van der Waals surface area contributed by atoms with Crippen molar-refractivity contribution in [3.63, 3.8) is 0 Å². The highest BCUT2D eigenvalue weighted by Crippen LogP contribution is 2.25. The van der Waals surface area contributed by atoms with Gasteiger partial charge >= 0.3 is 0 Å². The number of carbonyl (C=O) groups is 1. The molecule has 1 fully saturated rings. The summed E-state index contributed by atoms with van der Waals surface area (Å²) in [4.78, 5) is 32.6. The lowest BCUT2D eigenvalue weighted by molar-refractivity contribution is -0.000297. The molecule has 0 unspecified atom stereocenters. The molecule has 3 heterocycles. The standard InChI is InChI=1S/C17H22N6O2/c1-13-19-6-4-14(21-13)16(24)22(2)11-17(25)5-3-9-23(12-17)15-10-18-7-8-20-15/h4,6-8,10,25H,3,5,9,11-12H2,1-2H3/t17-/m0/s1. The number of aromatic nitrogens is 4. The van der Waals surface area contributed by atoms with E-state index in [1.54, 1.807) is 44.8 Å². The Morgan fingerprint density at radius 3 is 2.92 bits per heavy atom. The van der Waals surface area contributed by atoms with Crippen LogP contribution >= 0.6 is 0 Å². The minimum atomic E-state index is -0.998. The molecule has 132 valence electrons. The smallest absolute Gasteiger partial charge is 0.272 e. The van der Waals surface area contributed by atoms with E-state index in [-0.39, 0.29) is 12.5 Å². The summed E-state index contributed by atoms with van der Waals surface area (Å²) in [7, 11) is 1.68. The first-order valence-electron chi connectivity index (χ1n) is 8.25. The molecule has 2 aromatic heterocycles. The van der Waals surface area contributed by atoms with Gasteiger partial charge in [-0.1, -0.05) is 0 Å². The van der Waals surface area contributed by atoms with E-state index in [9.17, 15) is 9.90 Å². The predicted octanol–water partition coefficient (Wildman–Crippen LogP) is 0.679. The van der Waals surface area contributed by atoms with Crippen molar-refractivity contribution in [1.29, 1.82) is 0 Å². The van der Waals surface area contributed by atoms with E-state index in [0.29, 0.717) is 24.5 Å². The molecule has 1 N–H and O–H groups in total. The summed E-state index contributed by atoms with van der Waals surface area (Å²) in [5.41, 5.74) is -0.664. The van der Waals surface area contributed by atoms with Crippen molar-refractivity contribution < 1.29 is 9.90 Å². The van der Waals surface area contributed by atoms with Crippen molar-refractivity contribution in [1.82, 2.24) is 24.8 Å². The van der Waals surface area contributed by atoms with Crippen LogP contribution < -0.4 is 4.90 Å². The molecule has 1 aliphatic heterocycles. The van der Waals surface area contributed by atoms with Crippen LogP contribution in [0.4, 0.5) is 5.82 Å². The third kappa shape index (κ3) is 4.08. The van der Waals surface area contributed by atoms with Gasteiger partial charge < -0.3 is 14.9 Å². The highest BCUT2D eigenvalue weighted by atomic mass is 16.3. The molecule has 0 bridgehead atoms. The lowest BCUT2D eigenvalue weighted by Gasteiger charge is -2.41. The number of β-amino-alcohol motifs (C(OH)–C–C–N with tert-alkyl or cyclic N) is 1. The summed E-state index contributed by atoms with van der Waals surface area (Å²) < 4.78 is 0. The van der Waals surface area contributed by atoms with Crippen LogP contribution in [0, 0.1) is 6.92 Å². The Labute approximate surface area is 146 Å². The average Bonchev–Trinajstić information content (AvgIpc) is 2.61. The van der Waals surface area contributed by atoms with Crippen molar-refractivity contribution in [3.05, 3.63) is 42.4 Å². The first-order valence-corrected chi connectivity index (χ1v) is 8.25. The third-order valence-electron chi connectivity index (χ3n) is 4.30. The summed E-state index contributed by atoms with van der Waals surface area (Å²) >= 11 is 0. The first kappa shape index (κ1) is 17.2. The number of aryl methyl sites for hydroxylation is 1. The van der Waals surface area contributed by atoms with E-state index in [1.165, 1.54) is 4.90 Å². The normalized spacial score (nSPS) is 20.4. The van der Waals surface area contributed by atoms with E-state index in [1.807, 2.05) is 4.90 Å². The van der Waals surface area contributed by atoms with E-state index in [2.05, 4.69) is 19.9 Å². The highest BCUT2D eigenvalue weighted by Gasteiger charge is 2.36. The van der Waals surface area contributed by atoms with Gasteiger partial charge in [0.25, 0.3) is 5.91 Å². The van der Waals surface area contributed by atoms with Crippen molar-refractivity contribution in [2.75, 3.05) is 31.6 Å². The van der Waals surface area contributed by atoms with E-state index in [0.717, 1.165) is 18.8 Å². The maximum Gasteiger partial charge on any atom is 0.272 e. The van der Waals surface area contributed by atoms with Gasteiger partial charge in [-0.25, -0.2) is 15.0 Å². The number of carbonyl (C=O) groups excluding carboxylic acids is 1. The van der Waals surface area contributed by atoms with Crippen LogP contribution in [0.25, 0.3) is 0 Å². The van der Waals surface area contributed by atoms with Crippen LogP contribution in [0.1, 0.15) is 29.2 Å². The fourth-order valence-corrected chi connectivity index (χ4v) is 3.18. The number of hydrogen-bond acceptors (Lipinski definition) is 7. The Bertz CT molecular complexity index is 741. The molecule has 8 nitrogen and oxygen atoms in total. The number of rotatable bonds is 4. The van der Waals surface area contributed by atoms with Crippen molar-refractivity contribution in [2.45, 2.75) is 25.4 Å². The van der Waals surface area contributed by atoms with E-state index < -0.39 is 5.60 Å². The second-order valence-corrected chi connectivity index (χ2v) is 6.46. The zero-order chi connectivity index (χ0) is 17.9. The van der Waals surface area contributed by atoms with Gasteiger partial charge in [0.15, 0.2) is 0 Å². The average molecular weight is 342 g/mol. The zero-order valence-electron chi connectivity index (χ0n) is 14.5. The molecule has 1 aliphatic rings. The maximum absolute atomic E-state index is 12.6. The molecular formula is C17H22N6O2. The molecule has 1 amide bonds. The Balaban J connectivity index is 1.69. The van der Waals surface area contributed by atoms with Crippen LogP contribution in [-0.2, 0) is 0 Å². The van der Waals surface area contributed by atoms with Gasteiger partial charge in [-0.15, -0.1) is 0 Å². The molecular weight excluding hydrogens is 320 g/mol. The van der Waals surface area contributed by atoms with Crippen molar-refractivity contribution in [3.8, 4) is 0 Å². The second-order valence-electron chi connectivity index (χ2n) is 6.46. The molecule has 1 saturated heterocycles. The molecule has 0 aromatic carbocycles. The minimum absolute atomic E-state index is 0.226. The number of hydrogen-bond donors (Lipinski definition) is 1. The van der Waals surface area contributed by atoms with Crippen LogP contribution in [0.2, 0.25) is 0 Å². The summed E-state index contributed by atoms with van der Waals surface area (Å²) in [6, 6.07) is 1.59. The second kappa shape index (κ2) is 7.10. The van der Waals surface area contributed by atoms with Gasteiger partial charge in [-0.05, 0) is 25.8 Å². The zero-order valence-corrected chi connectivity index (χ0v) is 14.5. The van der Waals surface area contributed by atoms with Crippen LogP contribution in [0.3, 0.4) is 0 Å². The quantitative estimate of drug-likeness (QED) is 0.873. The summed E-state index contributed by atoms with van der Waals surface area (Å²) in [5, 5.41) is 11.0. The Kier molecular flexibility index (Phi) is 4.89.